The molecule has 4 aliphatic rings. The molecule has 2 nitrogen and oxygen atoms in total. The largest absolute Gasteiger partial charge is 0.377 e. The minimum atomic E-state index is -0.993. The number of fused-ring (bicyclic) bond motifs is 4. The Balaban J connectivity index is 1.77. The van der Waals surface area contributed by atoms with Crippen LogP contribution in [0.25, 0.3) is 0 Å². The molecule has 0 spiro atoms. The number of halogens is 1. The van der Waals surface area contributed by atoms with E-state index in [0.717, 1.165) is 32.1 Å². The first-order valence-electron chi connectivity index (χ1n) is 9.33. The first-order valence-corrected chi connectivity index (χ1v) is 9.71. The highest BCUT2D eigenvalue weighted by Crippen LogP contribution is 2.66. The van der Waals surface area contributed by atoms with E-state index in [9.17, 15) is 9.90 Å². The van der Waals surface area contributed by atoms with Crippen LogP contribution in [-0.2, 0) is 4.79 Å². The number of aliphatic hydroxyl groups is 1. The van der Waals surface area contributed by atoms with E-state index in [1.165, 1.54) is 11.1 Å². The van der Waals surface area contributed by atoms with Crippen molar-refractivity contribution in [2.45, 2.75) is 75.7 Å². The van der Waals surface area contributed by atoms with E-state index in [0.29, 0.717) is 42.8 Å². The maximum atomic E-state index is 11.9. The molecular weight excluding hydrogens is 320 g/mol. The molecule has 0 amide bonds. The van der Waals surface area contributed by atoms with Crippen molar-refractivity contribution in [3.05, 3.63) is 11.1 Å². The number of hydrogen-bond donors (Lipinski definition) is 1. The molecule has 130 valence electrons. The van der Waals surface area contributed by atoms with E-state index in [1.54, 1.807) is 0 Å². The zero-order valence-corrected chi connectivity index (χ0v) is 15.5. The number of carbonyl (C=O) groups is 1. The monoisotopic (exact) mass is 346 g/mol. The first-order chi connectivity index (χ1) is 11.2. The Morgan fingerprint density at radius 2 is 2.00 bits per heavy atom. The molecule has 3 heteroatoms. The SMILES string of the molecule is C#C[C@]1(O)CC[C@H]2[C@H]3[C@H](CC[C@@]21C)C1=C(CC(=O)CC1)C[C@]3(C)Cl. The molecule has 4 aliphatic carbocycles. The minimum Gasteiger partial charge on any atom is -0.377 e. The Bertz CT molecular complexity index is 670. The van der Waals surface area contributed by atoms with E-state index >= 15 is 0 Å². The van der Waals surface area contributed by atoms with E-state index in [4.69, 9.17) is 18.0 Å². The van der Waals surface area contributed by atoms with Crippen molar-refractivity contribution in [1.82, 2.24) is 0 Å². The highest BCUT2D eigenvalue weighted by molar-refractivity contribution is 6.24. The molecular formula is C21H27ClO2. The molecule has 0 radical (unpaired) electrons. The van der Waals surface area contributed by atoms with Crippen LogP contribution in [-0.4, -0.2) is 21.4 Å². The number of hydrogen-bond acceptors (Lipinski definition) is 2. The summed E-state index contributed by atoms with van der Waals surface area (Å²) in [7, 11) is 0. The van der Waals surface area contributed by atoms with Crippen molar-refractivity contribution in [2.75, 3.05) is 0 Å². The molecule has 1 N–H and O–H groups in total. The third-order valence-corrected chi connectivity index (χ3v) is 8.29. The summed E-state index contributed by atoms with van der Waals surface area (Å²) in [6.45, 7) is 4.33. The van der Waals surface area contributed by atoms with Gasteiger partial charge in [-0.15, -0.1) is 18.0 Å². The molecule has 0 aromatic heterocycles. The Hall–Kier alpha value is -0.780. The maximum absolute atomic E-state index is 11.9. The molecule has 24 heavy (non-hydrogen) atoms. The lowest BCUT2D eigenvalue weighted by atomic mass is 9.50. The third-order valence-electron chi connectivity index (χ3n) is 7.90. The van der Waals surface area contributed by atoms with Gasteiger partial charge >= 0.3 is 0 Å². The van der Waals surface area contributed by atoms with Gasteiger partial charge in [0.15, 0.2) is 0 Å². The average Bonchev–Trinajstić information content (AvgIpc) is 2.78. The smallest absolute Gasteiger partial charge is 0.137 e. The van der Waals surface area contributed by atoms with Gasteiger partial charge in [0.2, 0.25) is 0 Å². The normalized spacial score (nSPS) is 50.8. The van der Waals surface area contributed by atoms with Crippen LogP contribution in [0.2, 0.25) is 0 Å². The van der Waals surface area contributed by atoms with Gasteiger partial charge in [-0.2, -0.15) is 0 Å². The van der Waals surface area contributed by atoms with E-state index in [2.05, 4.69) is 19.8 Å². The van der Waals surface area contributed by atoms with Gasteiger partial charge in [0.25, 0.3) is 0 Å². The molecule has 0 aromatic carbocycles. The standard InChI is InChI=1S/C21H27ClO2/c1-4-21(24)10-8-17-18-16(7-9-19(17,21)2)15-6-5-14(23)11-13(15)12-20(18,3)22/h1,16-18,24H,5-12H2,2-3H3/t16-,17+,18-,19+,20+,21+/m1/s1. The van der Waals surface area contributed by atoms with Crippen molar-refractivity contribution in [3.8, 4) is 12.3 Å². The van der Waals surface area contributed by atoms with Gasteiger partial charge in [-0.1, -0.05) is 24.0 Å². The second kappa shape index (κ2) is 5.12. The number of rotatable bonds is 0. The molecule has 0 aliphatic heterocycles. The number of carbonyl (C=O) groups excluding carboxylic acids is 1. The van der Waals surface area contributed by atoms with E-state index in [1.807, 2.05) is 0 Å². The molecule has 0 saturated heterocycles. The van der Waals surface area contributed by atoms with Crippen molar-refractivity contribution >= 4 is 17.4 Å². The first kappa shape index (κ1) is 16.7. The Morgan fingerprint density at radius 3 is 2.71 bits per heavy atom. The van der Waals surface area contributed by atoms with E-state index in [-0.39, 0.29) is 10.3 Å². The lowest BCUT2D eigenvalue weighted by Gasteiger charge is -2.57. The van der Waals surface area contributed by atoms with Crippen molar-refractivity contribution in [1.29, 1.82) is 0 Å². The molecule has 0 bridgehead atoms. The lowest BCUT2D eigenvalue weighted by Crippen LogP contribution is -2.56. The molecule has 2 saturated carbocycles. The molecule has 0 aromatic rings. The summed E-state index contributed by atoms with van der Waals surface area (Å²) in [4.78, 5) is 11.6. The number of alkyl halides is 1. The molecule has 2 fully saturated rings. The van der Waals surface area contributed by atoms with Crippen LogP contribution in [0.3, 0.4) is 0 Å². The summed E-state index contributed by atoms with van der Waals surface area (Å²) in [6.07, 6.45) is 12.4. The maximum Gasteiger partial charge on any atom is 0.137 e. The molecule has 0 heterocycles. The fourth-order valence-corrected chi connectivity index (χ4v) is 7.14. The Morgan fingerprint density at radius 1 is 1.25 bits per heavy atom. The van der Waals surface area contributed by atoms with Crippen LogP contribution in [0, 0.1) is 35.5 Å². The van der Waals surface area contributed by atoms with Crippen LogP contribution >= 0.6 is 11.6 Å². The summed E-state index contributed by atoms with van der Waals surface area (Å²) < 4.78 is 0. The molecule has 4 rings (SSSR count). The number of terminal acetylenes is 1. The summed E-state index contributed by atoms with van der Waals surface area (Å²) in [6, 6.07) is 0. The van der Waals surface area contributed by atoms with Crippen LogP contribution in [0.5, 0.6) is 0 Å². The van der Waals surface area contributed by atoms with Crippen LogP contribution < -0.4 is 0 Å². The van der Waals surface area contributed by atoms with Crippen LogP contribution in [0.1, 0.15) is 65.2 Å². The van der Waals surface area contributed by atoms with Crippen molar-refractivity contribution < 1.29 is 9.90 Å². The summed E-state index contributed by atoms with van der Waals surface area (Å²) in [5, 5.41) is 11.0. The topological polar surface area (TPSA) is 37.3 Å². The zero-order chi connectivity index (χ0) is 17.3. The average molecular weight is 347 g/mol. The van der Waals surface area contributed by atoms with E-state index < -0.39 is 5.60 Å². The predicted molar refractivity (Wildman–Crippen MR) is 95.6 cm³/mol. The Labute approximate surface area is 150 Å². The predicted octanol–water partition coefficient (Wildman–Crippen LogP) is 4.24. The Kier molecular flexibility index (Phi) is 3.56. The highest BCUT2D eigenvalue weighted by atomic mass is 35.5. The van der Waals surface area contributed by atoms with Crippen molar-refractivity contribution in [2.24, 2.45) is 23.2 Å². The fourth-order valence-electron chi connectivity index (χ4n) is 6.68. The fraction of sp³-hybridized carbons (Fsp3) is 0.762. The second-order valence-electron chi connectivity index (χ2n) is 9.04. The van der Waals surface area contributed by atoms with Gasteiger partial charge in [0, 0.05) is 23.1 Å². The van der Waals surface area contributed by atoms with Gasteiger partial charge in [-0.3, -0.25) is 4.79 Å². The number of allylic oxidation sites excluding steroid dienone is 2. The zero-order valence-electron chi connectivity index (χ0n) is 14.7. The van der Waals surface area contributed by atoms with Gasteiger partial charge in [0.05, 0.1) is 0 Å². The number of ketones is 1. The summed E-state index contributed by atoms with van der Waals surface area (Å²) in [5.41, 5.74) is 1.61. The van der Waals surface area contributed by atoms with Crippen LogP contribution in [0.4, 0.5) is 0 Å². The third kappa shape index (κ3) is 2.04. The number of Topliss-reactive ketones (excluding diaryl/α,β-unsaturated/α-hetero) is 1. The quantitative estimate of drug-likeness (QED) is 0.404. The van der Waals surface area contributed by atoms with Gasteiger partial charge < -0.3 is 5.11 Å². The minimum absolute atomic E-state index is 0.235. The van der Waals surface area contributed by atoms with Gasteiger partial charge in [0.1, 0.15) is 11.4 Å². The highest BCUT2D eigenvalue weighted by Gasteiger charge is 2.64. The lowest BCUT2D eigenvalue weighted by molar-refractivity contribution is -0.119. The van der Waals surface area contributed by atoms with Gasteiger partial charge in [-0.05, 0) is 63.2 Å². The second-order valence-corrected chi connectivity index (χ2v) is 9.90. The summed E-state index contributed by atoms with van der Waals surface area (Å²) in [5.74, 6) is 4.28. The van der Waals surface area contributed by atoms with Crippen molar-refractivity contribution in [3.63, 3.8) is 0 Å². The molecule has 0 unspecified atom stereocenters. The van der Waals surface area contributed by atoms with Gasteiger partial charge in [-0.25, -0.2) is 0 Å². The summed E-state index contributed by atoms with van der Waals surface area (Å²) >= 11 is 7.10. The molecule has 6 atom stereocenters. The van der Waals surface area contributed by atoms with Crippen LogP contribution in [0.15, 0.2) is 11.1 Å².